The summed E-state index contributed by atoms with van der Waals surface area (Å²) in [6, 6.07) is 0.123. The lowest BCUT2D eigenvalue weighted by Gasteiger charge is -1.99. The zero-order valence-corrected chi connectivity index (χ0v) is 19.9. The lowest BCUT2D eigenvalue weighted by molar-refractivity contribution is 1.01. The molecule has 0 bridgehead atoms. The molecule has 148 valence electrons. The Morgan fingerprint density at radius 1 is 1.03 bits per heavy atom. The summed E-state index contributed by atoms with van der Waals surface area (Å²) in [6.07, 6.45) is 19.2. The fourth-order valence-electron chi connectivity index (χ4n) is 2.32. The van der Waals surface area contributed by atoms with Gasteiger partial charge in [0.05, 0.1) is 9.81 Å². The van der Waals surface area contributed by atoms with Crippen LogP contribution in [-0.4, -0.2) is 20.8 Å². The van der Waals surface area contributed by atoms with Gasteiger partial charge in [-0.2, -0.15) is 0 Å². The molecule has 2 atom stereocenters. The van der Waals surface area contributed by atoms with Gasteiger partial charge in [-0.05, 0) is 60.1 Å². The Morgan fingerprint density at radius 2 is 1.66 bits per heavy atom. The maximum absolute atomic E-state index is 4.86. The molecule has 2 nitrogen and oxygen atoms in total. The molecule has 2 aliphatic heterocycles. The first-order valence-electron chi connectivity index (χ1n) is 9.40. The first-order valence-corrected chi connectivity index (χ1v) is 13.2. The molecule has 0 spiro atoms. The van der Waals surface area contributed by atoms with E-state index in [9.17, 15) is 0 Å². The zero-order chi connectivity index (χ0) is 20.5. The van der Waals surface area contributed by atoms with Crippen molar-refractivity contribution in [3.8, 4) is 0 Å². The molecule has 0 amide bonds. The molecular weight excluding hydrogens is 433 g/mol. The fraction of sp³-hybridized carbons (Fsp3) is 0.261. The number of allylic oxidation sites excluding steroid dienone is 5. The van der Waals surface area contributed by atoms with Gasteiger partial charge in [-0.3, -0.25) is 9.98 Å². The highest BCUT2D eigenvalue weighted by Gasteiger charge is 2.30. The Hall–Kier alpha value is -1.48. The van der Waals surface area contributed by atoms with E-state index in [1.807, 2.05) is 56.4 Å². The van der Waals surface area contributed by atoms with Crippen molar-refractivity contribution in [1.82, 2.24) is 0 Å². The minimum Gasteiger partial charge on any atom is -0.257 e. The molecule has 0 radical (unpaired) electrons. The topological polar surface area (TPSA) is 24.7 Å². The second-order valence-electron chi connectivity index (χ2n) is 5.99. The van der Waals surface area contributed by atoms with E-state index in [1.54, 1.807) is 45.1 Å². The van der Waals surface area contributed by atoms with E-state index in [-0.39, 0.29) is 12.1 Å². The Balaban J connectivity index is 1.67. The van der Waals surface area contributed by atoms with Crippen molar-refractivity contribution >= 4 is 53.9 Å². The third-order valence-corrected chi connectivity index (χ3v) is 8.87. The van der Waals surface area contributed by atoms with Gasteiger partial charge in [0.1, 0.15) is 20.8 Å². The highest BCUT2D eigenvalue weighted by molar-refractivity contribution is 8.93. The molecule has 6 heteroatoms. The number of nitrogens with zero attached hydrogens (tertiary/aromatic N) is 2. The van der Waals surface area contributed by atoms with Crippen molar-refractivity contribution in [2.24, 2.45) is 9.98 Å². The van der Waals surface area contributed by atoms with E-state index < -0.39 is 0 Å². The van der Waals surface area contributed by atoms with Gasteiger partial charge >= 0.3 is 0 Å². The maximum atomic E-state index is 4.86. The molecule has 0 fully saturated rings. The predicted octanol–water partition coefficient (Wildman–Crippen LogP) is 7.60. The van der Waals surface area contributed by atoms with E-state index in [1.165, 1.54) is 0 Å². The zero-order valence-electron chi connectivity index (χ0n) is 16.6. The summed E-state index contributed by atoms with van der Waals surface area (Å²) in [5.74, 6) is 0. The molecule has 1 aliphatic carbocycles. The van der Waals surface area contributed by atoms with Crippen molar-refractivity contribution in [1.29, 1.82) is 0 Å². The molecule has 0 N–H and O–H groups in total. The van der Waals surface area contributed by atoms with E-state index in [0.29, 0.717) is 0 Å². The normalized spacial score (nSPS) is 22.9. The summed E-state index contributed by atoms with van der Waals surface area (Å²) >= 11 is 3.38. The van der Waals surface area contributed by atoms with Crippen LogP contribution in [-0.2, 0) is 0 Å². The Kier molecular flexibility index (Phi) is 8.92. The van der Waals surface area contributed by atoms with Gasteiger partial charge in [0.15, 0.2) is 0 Å². The lowest BCUT2D eigenvalue weighted by atomic mass is 10.2. The van der Waals surface area contributed by atoms with Crippen LogP contribution in [0.4, 0.5) is 0 Å². The third-order valence-electron chi connectivity index (χ3n) is 3.76. The second-order valence-corrected chi connectivity index (χ2v) is 10.7. The van der Waals surface area contributed by atoms with Crippen LogP contribution < -0.4 is 0 Å². The Bertz CT molecular complexity index is 988. The summed E-state index contributed by atoms with van der Waals surface area (Å²) in [5.41, 5.74) is 11.1. The molecule has 0 aromatic carbocycles. The van der Waals surface area contributed by atoms with Crippen LogP contribution in [0.2, 0.25) is 0 Å². The van der Waals surface area contributed by atoms with Crippen LogP contribution in [0, 0.1) is 0 Å². The fourth-order valence-corrected chi connectivity index (χ4v) is 6.99. The number of hydrogen-bond donors (Lipinski definition) is 0. The first kappa shape index (κ1) is 22.2. The summed E-state index contributed by atoms with van der Waals surface area (Å²) in [6.45, 7) is 6.14. The molecule has 3 rings (SSSR count). The van der Waals surface area contributed by atoms with Gasteiger partial charge < -0.3 is 0 Å². The van der Waals surface area contributed by atoms with Crippen molar-refractivity contribution in [2.75, 3.05) is 0 Å². The highest BCUT2D eigenvalue weighted by atomic mass is 33.1. The van der Waals surface area contributed by atoms with E-state index in [2.05, 4.69) is 36.3 Å². The van der Waals surface area contributed by atoms with Gasteiger partial charge in [0.25, 0.3) is 0 Å². The van der Waals surface area contributed by atoms with Crippen LogP contribution in [0.1, 0.15) is 27.2 Å². The monoisotopic (exact) mass is 454 g/mol. The third kappa shape index (κ3) is 6.77. The largest absolute Gasteiger partial charge is 0.257 e. The van der Waals surface area contributed by atoms with Gasteiger partial charge in [0, 0.05) is 5.57 Å². The van der Waals surface area contributed by atoms with Gasteiger partial charge in [-0.25, -0.2) is 0 Å². The van der Waals surface area contributed by atoms with E-state index >= 15 is 0 Å². The summed E-state index contributed by atoms with van der Waals surface area (Å²) in [7, 11) is 3.34. The number of thioether (sulfide) groups is 2. The highest BCUT2D eigenvalue weighted by Crippen LogP contribution is 2.47. The minimum absolute atomic E-state index is 0.0576. The molecule has 29 heavy (non-hydrogen) atoms. The summed E-state index contributed by atoms with van der Waals surface area (Å²) in [4.78, 5) is 12.0. The summed E-state index contributed by atoms with van der Waals surface area (Å²) in [5, 5.41) is 0. The average Bonchev–Trinajstić information content (AvgIpc) is 3.37. The average molecular weight is 455 g/mol. The van der Waals surface area contributed by atoms with Crippen LogP contribution in [0.25, 0.3) is 0 Å². The van der Waals surface area contributed by atoms with Crippen LogP contribution >= 0.6 is 45.1 Å². The molecule has 0 saturated heterocycles. The van der Waals surface area contributed by atoms with Crippen molar-refractivity contribution in [3.63, 3.8) is 0 Å². The van der Waals surface area contributed by atoms with E-state index in [4.69, 9.17) is 9.98 Å². The predicted molar refractivity (Wildman–Crippen MR) is 137 cm³/mol. The number of aliphatic imine (C=N–C) groups is 2. The minimum atomic E-state index is 0.0576. The lowest BCUT2D eigenvalue weighted by Crippen LogP contribution is -1.98. The molecule has 2 unspecified atom stereocenters. The Morgan fingerprint density at radius 3 is 2.28 bits per heavy atom. The number of hydrogen-bond acceptors (Lipinski definition) is 6. The maximum Gasteiger partial charge on any atom is 0.141 e. The summed E-state index contributed by atoms with van der Waals surface area (Å²) < 4.78 is 2.08. The van der Waals surface area contributed by atoms with Gasteiger partial charge in [0.2, 0.25) is 0 Å². The smallest absolute Gasteiger partial charge is 0.141 e. The second kappa shape index (κ2) is 11.6. The molecule has 0 aromatic rings. The molecule has 0 aromatic heterocycles. The van der Waals surface area contributed by atoms with Crippen LogP contribution in [0.15, 0.2) is 97.2 Å². The van der Waals surface area contributed by atoms with Gasteiger partial charge in [-0.1, -0.05) is 66.9 Å². The number of rotatable bonds is 5. The molecule has 3 aliphatic rings. The molecule has 2 heterocycles. The SMILES string of the molecule is C/C=C\C=C=C1SC(SSC2=NC(C3=C=C3)C(=C=C/C=C\C)S2)=NC1/C=C\CC. The molecule has 0 saturated carbocycles. The van der Waals surface area contributed by atoms with Crippen molar-refractivity contribution in [3.05, 3.63) is 87.3 Å². The van der Waals surface area contributed by atoms with Gasteiger partial charge in [-0.15, -0.1) is 17.2 Å². The molecular formula is C23H22N2S4. The first-order chi connectivity index (χ1) is 14.2. The van der Waals surface area contributed by atoms with E-state index in [0.717, 1.165) is 30.6 Å². The van der Waals surface area contributed by atoms with Crippen molar-refractivity contribution in [2.45, 2.75) is 39.3 Å². The van der Waals surface area contributed by atoms with Crippen LogP contribution in [0.5, 0.6) is 0 Å². The van der Waals surface area contributed by atoms with Crippen molar-refractivity contribution < 1.29 is 0 Å². The standard InChI is InChI=1S/C23H22N2S4/c1-4-7-10-13-19-18(12-9-6-3)24-22(26-19)28-29-23-25-21(17-15-16-17)20(27-23)14-11-8-5-2/h4-5,7-12,15,18,21H,6H2,1-3H3/b7-4-,8-5-,12-9-. The quantitative estimate of drug-likeness (QED) is 0.185. The van der Waals surface area contributed by atoms with Crippen LogP contribution in [0.3, 0.4) is 0 Å². The Labute approximate surface area is 189 Å².